The smallest absolute Gasteiger partial charge is 0.224 e. The van der Waals surface area contributed by atoms with Gasteiger partial charge in [-0.2, -0.15) is 0 Å². The normalized spacial score (nSPS) is 12.2. The van der Waals surface area contributed by atoms with Crippen molar-refractivity contribution in [1.82, 2.24) is 5.32 Å². The van der Waals surface area contributed by atoms with E-state index in [1.807, 2.05) is 0 Å². The van der Waals surface area contributed by atoms with Gasteiger partial charge in [-0.1, -0.05) is 12.1 Å². The zero-order valence-electron chi connectivity index (χ0n) is 10.3. The summed E-state index contributed by atoms with van der Waals surface area (Å²) in [6, 6.07) is 5.89. The molecular weight excluding hydrogens is 257 g/mol. The predicted octanol–water partition coefficient (Wildman–Crippen LogP) is 2.13. The van der Waals surface area contributed by atoms with Crippen LogP contribution in [0.15, 0.2) is 24.3 Å². The number of carbonyl (C=O) groups excluding carboxylic acids is 1. The minimum absolute atomic E-state index is 0.0945. The van der Waals surface area contributed by atoms with E-state index in [-0.39, 0.29) is 23.5 Å². The van der Waals surface area contributed by atoms with Crippen molar-refractivity contribution in [3.63, 3.8) is 0 Å². The molecule has 0 heterocycles. The third kappa shape index (κ3) is 5.98. The van der Waals surface area contributed by atoms with Crippen LogP contribution in [0.25, 0.3) is 0 Å². The number of alkyl halides is 1. The molecule has 3 nitrogen and oxygen atoms in total. The van der Waals surface area contributed by atoms with Gasteiger partial charge in [-0.05, 0) is 24.1 Å². The average Bonchev–Trinajstić information content (AvgIpc) is 2.32. The lowest BCUT2D eigenvalue weighted by atomic mass is 10.1. The van der Waals surface area contributed by atoms with Crippen molar-refractivity contribution < 1.29 is 13.9 Å². The molecule has 0 aliphatic rings. The fourth-order valence-electron chi connectivity index (χ4n) is 1.48. The number of nitrogens with one attached hydrogen (secondary N) is 1. The summed E-state index contributed by atoms with van der Waals surface area (Å²) in [6.07, 6.45) is 0.905. The molecule has 1 atom stereocenters. The molecule has 0 aromatic heterocycles. The molecule has 0 aliphatic carbocycles. The van der Waals surface area contributed by atoms with Crippen LogP contribution in [0.3, 0.4) is 0 Å². The SMILES string of the molecule is COCC(Cl)CCNC(=O)Cc1ccc(F)cc1. The standard InChI is InChI=1S/C13H17ClFNO2/c1-18-9-11(14)6-7-16-13(17)8-10-2-4-12(15)5-3-10/h2-5,11H,6-9H2,1H3,(H,16,17). The van der Waals surface area contributed by atoms with Gasteiger partial charge in [-0.3, -0.25) is 4.79 Å². The lowest BCUT2D eigenvalue weighted by molar-refractivity contribution is -0.120. The third-order valence-corrected chi connectivity index (χ3v) is 2.75. The minimum atomic E-state index is -0.302. The number of benzene rings is 1. The molecular formula is C13H17ClFNO2. The highest BCUT2D eigenvalue weighted by Crippen LogP contribution is 2.04. The van der Waals surface area contributed by atoms with Gasteiger partial charge in [0.05, 0.1) is 18.4 Å². The Hall–Kier alpha value is -1.13. The fraction of sp³-hybridized carbons (Fsp3) is 0.462. The van der Waals surface area contributed by atoms with E-state index in [9.17, 15) is 9.18 Å². The maximum atomic E-state index is 12.7. The molecule has 0 saturated heterocycles. The predicted molar refractivity (Wildman–Crippen MR) is 69.2 cm³/mol. The number of hydrogen-bond acceptors (Lipinski definition) is 2. The van der Waals surface area contributed by atoms with Crippen LogP contribution in [0.2, 0.25) is 0 Å². The van der Waals surface area contributed by atoms with Crippen molar-refractivity contribution in [3.05, 3.63) is 35.6 Å². The molecule has 0 bridgehead atoms. The van der Waals surface area contributed by atoms with Crippen LogP contribution >= 0.6 is 11.6 Å². The first-order chi connectivity index (χ1) is 8.61. The van der Waals surface area contributed by atoms with Crippen molar-refractivity contribution in [1.29, 1.82) is 0 Å². The van der Waals surface area contributed by atoms with E-state index in [4.69, 9.17) is 16.3 Å². The Morgan fingerprint density at radius 3 is 2.72 bits per heavy atom. The van der Waals surface area contributed by atoms with Crippen LogP contribution in [-0.4, -0.2) is 31.5 Å². The summed E-state index contributed by atoms with van der Waals surface area (Å²) in [7, 11) is 1.59. The number of rotatable bonds is 7. The van der Waals surface area contributed by atoms with Gasteiger partial charge in [0.2, 0.25) is 5.91 Å². The first-order valence-electron chi connectivity index (χ1n) is 5.76. The van der Waals surface area contributed by atoms with Gasteiger partial charge in [-0.25, -0.2) is 4.39 Å². The number of amides is 1. The molecule has 0 aliphatic heterocycles. The van der Waals surface area contributed by atoms with Crippen LogP contribution in [0.5, 0.6) is 0 Å². The maximum absolute atomic E-state index is 12.7. The number of hydrogen-bond donors (Lipinski definition) is 1. The molecule has 18 heavy (non-hydrogen) atoms. The van der Waals surface area contributed by atoms with E-state index in [0.29, 0.717) is 19.6 Å². The Balaban J connectivity index is 2.23. The van der Waals surface area contributed by atoms with E-state index in [2.05, 4.69) is 5.32 Å². The van der Waals surface area contributed by atoms with Gasteiger partial charge in [-0.15, -0.1) is 11.6 Å². The second-order valence-corrected chi connectivity index (χ2v) is 4.61. The Kier molecular flexibility index (Phi) is 6.68. The molecule has 1 aromatic rings. The van der Waals surface area contributed by atoms with Gasteiger partial charge in [0.1, 0.15) is 5.82 Å². The molecule has 0 radical (unpaired) electrons. The highest BCUT2D eigenvalue weighted by Gasteiger charge is 2.06. The first-order valence-corrected chi connectivity index (χ1v) is 6.19. The van der Waals surface area contributed by atoms with E-state index in [1.165, 1.54) is 12.1 Å². The number of carbonyl (C=O) groups is 1. The molecule has 0 spiro atoms. The molecule has 5 heteroatoms. The molecule has 1 N–H and O–H groups in total. The van der Waals surface area contributed by atoms with Gasteiger partial charge < -0.3 is 10.1 Å². The zero-order valence-corrected chi connectivity index (χ0v) is 11.0. The largest absolute Gasteiger partial charge is 0.383 e. The monoisotopic (exact) mass is 273 g/mol. The summed E-state index contributed by atoms with van der Waals surface area (Å²) in [5.41, 5.74) is 0.785. The third-order valence-electron chi connectivity index (χ3n) is 2.41. The highest BCUT2D eigenvalue weighted by molar-refractivity contribution is 6.20. The minimum Gasteiger partial charge on any atom is -0.383 e. The quantitative estimate of drug-likeness (QED) is 0.773. The topological polar surface area (TPSA) is 38.3 Å². The Morgan fingerprint density at radius 1 is 1.44 bits per heavy atom. The number of methoxy groups -OCH3 is 1. The maximum Gasteiger partial charge on any atom is 0.224 e. The van der Waals surface area contributed by atoms with Crippen LogP contribution in [0, 0.1) is 5.82 Å². The van der Waals surface area contributed by atoms with Crippen molar-refractivity contribution >= 4 is 17.5 Å². The summed E-state index contributed by atoms with van der Waals surface area (Å²) >= 11 is 5.92. The molecule has 100 valence electrons. The Labute approximate surface area is 111 Å². The second-order valence-electron chi connectivity index (χ2n) is 3.99. The molecule has 1 amide bonds. The van der Waals surface area contributed by atoms with Gasteiger partial charge in [0.15, 0.2) is 0 Å². The van der Waals surface area contributed by atoms with Crippen LogP contribution in [0.4, 0.5) is 4.39 Å². The second kappa shape index (κ2) is 8.06. The first kappa shape index (κ1) is 14.9. The average molecular weight is 274 g/mol. The lowest BCUT2D eigenvalue weighted by Crippen LogP contribution is -2.28. The lowest BCUT2D eigenvalue weighted by Gasteiger charge is -2.09. The van der Waals surface area contributed by atoms with E-state index in [1.54, 1.807) is 19.2 Å². The summed E-state index contributed by atoms with van der Waals surface area (Å²) in [4.78, 5) is 11.6. The molecule has 1 unspecified atom stereocenters. The van der Waals surface area contributed by atoms with Crippen molar-refractivity contribution in [3.8, 4) is 0 Å². The molecule has 0 saturated carbocycles. The van der Waals surface area contributed by atoms with Crippen LogP contribution in [0.1, 0.15) is 12.0 Å². The van der Waals surface area contributed by atoms with Gasteiger partial charge in [0, 0.05) is 13.7 Å². The summed E-state index contributed by atoms with van der Waals surface area (Å²) in [6.45, 7) is 0.979. The van der Waals surface area contributed by atoms with E-state index in [0.717, 1.165) is 5.56 Å². The zero-order chi connectivity index (χ0) is 13.4. The summed E-state index contributed by atoms with van der Waals surface area (Å²) in [5, 5.41) is 2.67. The molecule has 1 aromatic carbocycles. The Bertz CT molecular complexity index is 370. The molecule has 1 rings (SSSR count). The van der Waals surface area contributed by atoms with E-state index < -0.39 is 0 Å². The Morgan fingerprint density at radius 2 is 2.11 bits per heavy atom. The van der Waals surface area contributed by atoms with Crippen molar-refractivity contribution in [2.75, 3.05) is 20.3 Å². The number of ether oxygens (including phenoxy) is 1. The van der Waals surface area contributed by atoms with Crippen LogP contribution < -0.4 is 5.32 Å². The molecule has 0 fully saturated rings. The van der Waals surface area contributed by atoms with Crippen LogP contribution in [-0.2, 0) is 16.0 Å². The van der Waals surface area contributed by atoms with Crippen molar-refractivity contribution in [2.24, 2.45) is 0 Å². The van der Waals surface area contributed by atoms with Gasteiger partial charge in [0.25, 0.3) is 0 Å². The fourth-order valence-corrected chi connectivity index (χ4v) is 1.72. The summed E-state index contributed by atoms with van der Waals surface area (Å²) < 4.78 is 17.5. The highest BCUT2D eigenvalue weighted by atomic mass is 35.5. The summed E-state index contributed by atoms with van der Waals surface area (Å²) in [5.74, 6) is -0.397. The van der Waals surface area contributed by atoms with Gasteiger partial charge >= 0.3 is 0 Å². The van der Waals surface area contributed by atoms with Crippen molar-refractivity contribution in [2.45, 2.75) is 18.2 Å². The van der Waals surface area contributed by atoms with E-state index >= 15 is 0 Å². The number of halogens is 2.